The fourth-order valence-corrected chi connectivity index (χ4v) is 4.17. The highest BCUT2D eigenvalue weighted by molar-refractivity contribution is 6.30. The first-order valence-corrected chi connectivity index (χ1v) is 7.49. The van der Waals surface area contributed by atoms with Gasteiger partial charge in [0, 0.05) is 5.02 Å². The van der Waals surface area contributed by atoms with E-state index in [0.717, 1.165) is 23.8 Å². The number of halogens is 1. The van der Waals surface area contributed by atoms with Gasteiger partial charge in [-0.15, -0.1) is 0 Å². The Morgan fingerprint density at radius 1 is 1.26 bits per heavy atom. The number of carbonyl (C=O) groups is 1. The Morgan fingerprint density at radius 2 is 2.00 bits per heavy atom. The number of hydrogen-bond acceptors (Lipinski definition) is 1. The molecule has 0 saturated heterocycles. The lowest BCUT2D eigenvalue weighted by atomic mass is 9.80. The van der Waals surface area contributed by atoms with Gasteiger partial charge in [-0.05, 0) is 61.1 Å². The first-order valence-electron chi connectivity index (χ1n) is 7.11. The molecule has 0 spiro atoms. The van der Waals surface area contributed by atoms with Crippen molar-refractivity contribution in [2.24, 2.45) is 17.8 Å². The quantitative estimate of drug-likeness (QED) is 0.890. The van der Waals surface area contributed by atoms with E-state index in [2.05, 4.69) is 0 Å². The fraction of sp³-hybridized carbons (Fsp3) is 0.562. The molecular weight excluding hydrogens is 260 g/mol. The van der Waals surface area contributed by atoms with Crippen LogP contribution < -0.4 is 0 Å². The average Bonchev–Trinajstić information content (AvgIpc) is 2.99. The first-order chi connectivity index (χ1) is 9.13. The van der Waals surface area contributed by atoms with Crippen LogP contribution in [-0.2, 0) is 4.79 Å². The number of hydrogen-bond donors (Lipinski definition) is 1. The SMILES string of the molecule is O=C(O)C(CC1CC2CCC1C2)c1ccc(Cl)cc1. The van der Waals surface area contributed by atoms with Crippen LogP contribution in [0.25, 0.3) is 0 Å². The molecule has 0 amide bonds. The fourth-order valence-electron chi connectivity index (χ4n) is 4.04. The molecule has 19 heavy (non-hydrogen) atoms. The summed E-state index contributed by atoms with van der Waals surface area (Å²) in [7, 11) is 0. The van der Waals surface area contributed by atoms with Crippen LogP contribution in [0.1, 0.15) is 43.6 Å². The molecule has 2 fully saturated rings. The summed E-state index contributed by atoms with van der Waals surface area (Å²) in [5.74, 6) is 1.18. The molecule has 2 aliphatic rings. The molecule has 4 unspecified atom stereocenters. The number of aliphatic carboxylic acids is 1. The molecule has 1 N–H and O–H groups in total. The van der Waals surface area contributed by atoms with Crippen LogP contribution in [0.4, 0.5) is 0 Å². The van der Waals surface area contributed by atoms with Crippen LogP contribution in [0.15, 0.2) is 24.3 Å². The molecule has 3 rings (SSSR count). The summed E-state index contributed by atoms with van der Waals surface area (Å²) in [6.45, 7) is 0. The molecule has 1 aromatic rings. The number of benzene rings is 1. The highest BCUT2D eigenvalue weighted by Crippen LogP contribution is 2.51. The van der Waals surface area contributed by atoms with Gasteiger partial charge < -0.3 is 5.11 Å². The Morgan fingerprint density at radius 3 is 2.53 bits per heavy atom. The van der Waals surface area contributed by atoms with Gasteiger partial charge in [0.2, 0.25) is 0 Å². The monoisotopic (exact) mass is 278 g/mol. The summed E-state index contributed by atoms with van der Waals surface area (Å²) >= 11 is 5.87. The lowest BCUT2D eigenvalue weighted by Crippen LogP contribution is -2.19. The second kappa shape index (κ2) is 5.16. The maximum absolute atomic E-state index is 11.5. The summed E-state index contributed by atoms with van der Waals surface area (Å²) in [4.78, 5) is 11.5. The van der Waals surface area contributed by atoms with Crippen molar-refractivity contribution in [3.05, 3.63) is 34.9 Å². The average molecular weight is 279 g/mol. The van der Waals surface area contributed by atoms with E-state index in [1.165, 1.54) is 25.7 Å². The third-order valence-electron chi connectivity index (χ3n) is 4.99. The summed E-state index contributed by atoms with van der Waals surface area (Å²) in [6.07, 6.45) is 6.03. The van der Waals surface area contributed by atoms with E-state index in [0.29, 0.717) is 10.9 Å². The minimum absolute atomic E-state index is 0.374. The van der Waals surface area contributed by atoms with Crippen LogP contribution in [-0.4, -0.2) is 11.1 Å². The van der Waals surface area contributed by atoms with Gasteiger partial charge >= 0.3 is 5.97 Å². The van der Waals surface area contributed by atoms with Gasteiger partial charge in [0.15, 0.2) is 0 Å². The predicted octanol–water partition coefficient (Wildman–Crippen LogP) is 4.33. The number of carboxylic acids is 1. The van der Waals surface area contributed by atoms with Gasteiger partial charge in [0.05, 0.1) is 5.92 Å². The van der Waals surface area contributed by atoms with Crippen molar-refractivity contribution in [2.45, 2.75) is 38.0 Å². The third kappa shape index (κ3) is 2.64. The topological polar surface area (TPSA) is 37.3 Å². The van der Waals surface area contributed by atoms with Crippen LogP contribution in [0.2, 0.25) is 5.02 Å². The summed E-state index contributed by atoms with van der Waals surface area (Å²) < 4.78 is 0. The molecule has 0 aromatic heterocycles. The van der Waals surface area contributed by atoms with E-state index < -0.39 is 5.97 Å². The second-order valence-electron chi connectivity index (χ2n) is 6.11. The number of rotatable bonds is 4. The van der Waals surface area contributed by atoms with Gasteiger partial charge in [-0.1, -0.05) is 30.2 Å². The van der Waals surface area contributed by atoms with Crippen molar-refractivity contribution in [2.75, 3.05) is 0 Å². The number of fused-ring (bicyclic) bond motifs is 2. The van der Waals surface area contributed by atoms with E-state index in [1.54, 1.807) is 12.1 Å². The van der Waals surface area contributed by atoms with Crippen LogP contribution >= 0.6 is 11.6 Å². The molecular formula is C16H19ClO2. The van der Waals surface area contributed by atoms with Gasteiger partial charge in [0.25, 0.3) is 0 Å². The summed E-state index contributed by atoms with van der Waals surface area (Å²) in [5, 5.41) is 10.2. The first kappa shape index (κ1) is 13.0. The van der Waals surface area contributed by atoms with Crippen molar-refractivity contribution >= 4 is 17.6 Å². The van der Waals surface area contributed by atoms with Crippen molar-refractivity contribution in [1.82, 2.24) is 0 Å². The second-order valence-corrected chi connectivity index (χ2v) is 6.55. The van der Waals surface area contributed by atoms with Crippen molar-refractivity contribution < 1.29 is 9.90 Å². The zero-order valence-electron chi connectivity index (χ0n) is 10.9. The largest absolute Gasteiger partial charge is 0.481 e. The molecule has 102 valence electrons. The van der Waals surface area contributed by atoms with Crippen molar-refractivity contribution in [3.8, 4) is 0 Å². The van der Waals surface area contributed by atoms with Gasteiger partial charge in [-0.2, -0.15) is 0 Å². The molecule has 4 atom stereocenters. The van der Waals surface area contributed by atoms with E-state index >= 15 is 0 Å². The van der Waals surface area contributed by atoms with Crippen LogP contribution in [0, 0.1) is 17.8 Å². The Hall–Kier alpha value is -1.02. The summed E-state index contributed by atoms with van der Waals surface area (Å²) in [6, 6.07) is 7.28. The molecule has 2 bridgehead atoms. The summed E-state index contributed by atoms with van der Waals surface area (Å²) in [5.41, 5.74) is 0.889. The van der Waals surface area contributed by atoms with Crippen LogP contribution in [0.5, 0.6) is 0 Å². The lowest BCUT2D eigenvalue weighted by molar-refractivity contribution is -0.139. The Balaban J connectivity index is 1.74. The smallest absolute Gasteiger partial charge is 0.310 e. The highest BCUT2D eigenvalue weighted by Gasteiger charge is 2.41. The molecule has 2 saturated carbocycles. The Labute approximate surface area is 118 Å². The van der Waals surface area contributed by atoms with Crippen molar-refractivity contribution in [3.63, 3.8) is 0 Å². The lowest BCUT2D eigenvalue weighted by Gasteiger charge is -2.25. The zero-order valence-corrected chi connectivity index (χ0v) is 11.6. The van der Waals surface area contributed by atoms with Crippen LogP contribution in [0.3, 0.4) is 0 Å². The van der Waals surface area contributed by atoms with Gasteiger partial charge in [-0.25, -0.2) is 0 Å². The normalized spacial score (nSPS) is 30.5. The minimum Gasteiger partial charge on any atom is -0.481 e. The molecule has 2 nitrogen and oxygen atoms in total. The minimum atomic E-state index is -0.704. The Bertz CT molecular complexity index is 468. The van der Waals surface area contributed by atoms with Gasteiger partial charge in [-0.3, -0.25) is 4.79 Å². The van der Waals surface area contributed by atoms with E-state index in [1.807, 2.05) is 12.1 Å². The van der Waals surface area contributed by atoms with Crippen molar-refractivity contribution in [1.29, 1.82) is 0 Å². The molecule has 0 radical (unpaired) electrons. The standard InChI is InChI=1S/C16H19ClO2/c17-14-5-3-11(4-6-14)15(16(18)19)9-13-8-10-1-2-12(13)7-10/h3-6,10,12-13,15H,1-2,7-9H2,(H,18,19). The predicted molar refractivity (Wildman–Crippen MR) is 75.4 cm³/mol. The molecule has 2 aliphatic carbocycles. The number of carboxylic acid groups (broad SMARTS) is 1. The third-order valence-corrected chi connectivity index (χ3v) is 5.25. The molecule has 3 heteroatoms. The van der Waals surface area contributed by atoms with E-state index in [-0.39, 0.29) is 5.92 Å². The molecule has 1 aromatic carbocycles. The molecule has 0 heterocycles. The Kier molecular flexibility index (Phi) is 3.53. The molecule has 0 aliphatic heterocycles. The van der Waals surface area contributed by atoms with Gasteiger partial charge in [0.1, 0.15) is 0 Å². The maximum Gasteiger partial charge on any atom is 0.310 e. The van der Waals surface area contributed by atoms with E-state index in [4.69, 9.17) is 11.6 Å². The zero-order chi connectivity index (χ0) is 13.4. The maximum atomic E-state index is 11.5. The highest BCUT2D eigenvalue weighted by atomic mass is 35.5. The van der Waals surface area contributed by atoms with E-state index in [9.17, 15) is 9.90 Å².